The van der Waals surface area contributed by atoms with Crippen LogP contribution >= 0.6 is 0 Å². The molecule has 0 bridgehead atoms. The van der Waals surface area contributed by atoms with Crippen molar-refractivity contribution in [3.8, 4) is 5.75 Å². The Balaban J connectivity index is 1.91. The molecule has 1 saturated heterocycles. The monoisotopic (exact) mass is 469 g/mol. The molecule has 1 aliphatic rings. The van der Waals surface area contributed by atoms with Gasteiger partial charge in [-0.05, 0) is 24.3 Å². The summed E-state index contributed by atoms with van der Waals surface area (Å²) in [5.74, 6) is -0.575. The highest BCUT2D eigenvalue weighted by atomic mass is 32.2. The van der Waals surface area contributed by atoms with E-state index in [1.54, 1.807) is 24.3 Å². The number of anilines is 1. The summed E-state index contributed by atoms with van der Waals surface area (Å²) in [5, 5.41) is 2.69. The smallest absolute Gasteiger partial charge is 0.387 e. The van der Waals surface area contributed by atoms with Crippen LogP contribution in [-0.4, -0.2) is 65.6 Å². The van der Waals surface area contributed by atoms with Crippen LogP contribution in [0.4, 0.5) is 14.5 Å². The van der Waals surface area contributed by atoms with Crippen LogP contribution in [0.3, 0.4) is 0 Å². The molecule has 1 heterocycles. The van der Waals surface area contributed by atoms with Crippen molar-refractivity contribution in [1.29, 1.82) is 0 Å². The highest BCUT2D eigenvalue weighted by Gasteiger charge is 2.24. The largest absolute Gasteiger partial charge is 0.434 e. The third-order valence-corrected chi connectivity index (χ3v) is 6.78. The van der Waals surface area contributed by atoms with E-state index in [4.69, 9.17) is 4.74 Å². The lowest BCUT2D eigenvalue weighted by molar-refractivity contribution is -0.0504. The van der Waals surface area contributed by atoms with E-state index < -0.39 is 22.5 Å². The van der Waals surface area contributed by atoms with Gasteiger partial charge in [-0.2, -0.15) is 8.78 Å². The van der Waals surface area contributed by atoms with Gasteiger partial charge in [-0.25, -0.2) is 12.7 Å². The van der Waals surface area contributed by atoms with Gasteiger partial charge in [0.25, 0.3) is 5.91 Å². The zero-order valence-electron chi connectivity index (χ0n) is 17.8. The molecule has 1 N–H and O–H groups in total. The summed E-state index contributed by atoms with van der Waals surface area (Å²) < 4.78 is 61.4. The summed E-state index contributed by atoms with van der Waals surface area (Å²) in [6.07, 6.45) is 0. The molecule has 11 heteroatoms. The van der Waals surface area contributed by atoms with Gasteiger partial charge in [0.1, 0.15) is 5.75 Å². The van der Waals surface area contributed by atoms with E-state index in [1.165, 1.54) is 32.3 Å². The van der Waals surface area contributed by atoms with Crippen LogP contribution < -0.4 is 15.0 Å². The molecule has 1 aliphatic heterocycles. The van der Waals surface area contributed by atoms with E-state index in [-0.39, 0.29) is 22.8 Å². The molecule has 2 aromatic rings. The van der Waals surface area contributed by atoms with Crippen molar-refractivity contribution >= 4 is 21.6 Å². The molecule has 1 fully saturated rings. The summed E-state index contributed by atoms with van der Waals surface area (Å²) in [7, 11) is -0.946. The molecule has 2 aromatic carbocycles. The minimum absolute atomic E-state index is 0.0221. The van der Waals surface area contributed by atoms with Gasteiger partial charge in [-0.3, -0.25) is 4.79 Å². The van der Waals surface area contributed by atoms with Crippen LogP contribution in [0, 0.1) is 0 Å². The second-order valence-corrected chi connectivity index (χ2v) is 9.39. The maximum Gasteiger partial charge on any atom is 0.387 e. The van der Waals surface area contributed by atoms with E-state index >= 15 is 0 Å². The van der Waals surface area contributed by atoms with E-state index in [1.807, 2.05) is 4.90 Å². The lowest BCUT2D eigenvalue weighted by Crippen LogP contribution is -2.38. The number of amides is 1. The first-order valence-corrected chi connectivity index (χ1v) is 11.3. The van der Waals surface area contributed by atoms with E-state index in [9.17, 15) is 22.0 Å². The van der Waals surface area contributed by atoms with Crippen LogP contribution in [0.25, 0.3) is 0 Å². The normalized spacial score (nSPS) is 14.6. The van der Waals surface area contributed by atoms with Crippen molar-refractivity contribution < 1.29 is 31.5 Å². The summed E-state index contributed by atoms with van der Waals surface area (Å²) >= 11 is 0. The summed E-state index contributed by atoms with van der Waals surface area (Å²) in [6.45, 7) is -1.01. The Morgan fingerprint density at radius 1 is 1.19 bits per heavy atom. The Hall–Kier alpha value is -2.76. The number of carbonyl (C=O) groups excluding carboxylic acids is 1. The molecule has 0 aliphatic carbocycles. The number of ether oxygens (including phenoxy) is 2. The number of rotatable bonds is 8. The highest BCUT2D eigenvalue weighted by molar-refractivity contribution is 7.89. The molecular weight excluding hydrogens is 444 g/mol. The first kappa shape index (κ1) is 23.9. The average molecular weight is 470 g/mol. The fourth-order valence-corrected chi connectivity index (χ4v) is 4.21. The van der Waals surface area contributed by atoms with Gasteiger partial charge in [0, 0.05) is 45.0 Å². The quantitative estimate of drug-likeness (QED) is 0.639. The predicted octanol–water partition coefficient (Wildman–Crippen LogP) is 2.30. The molecule has 1 amide bonds. The van der Waals surface area contributed by atoms with Gasteiger partial charge in [-0.15, -0.1) is 0 Å². The Kier molecular flexibility index (Phi) is 7.64. The molecule has 0 saturated carbocycles. The van der Waals surface area contributed by atoms with Crippen molar-refractivity contribution in [3.63, 3.8) is 0 Å². The lowest BCUT2D eigenvalue weighted by atomic mass is 10.1. The molecular formula is C21H25F2N3O5S. The Morgan fingerprint density at radius 3 is 2.53 bits per heavy atom. The minimum atomic E-state index is -3.76. The number of hydrogen-bond acceptors (Lipinski definition) is 6. The van der Waals surface area contributed by atoms with E-state index in [0.29, 0.717) is 37.6 Å². The second kappa shape index (κ2) is 10.2. The fraction of sp³-hybridized carbons (Fsp3) is 0.381. The maximum absolute atomic E-state index is 13.1. The van der Waals surface area contributed by atoms with Gasteiger partial charge in [0.2, 0.25) is 10.0 Å². The number of carbonyl (C=O) groups is 1. The topological polar surface area (TPSA) is 88.2 Å². The van der Waals surface area contributed by atoms with Crippen molar-refractivity contribution in [2.75, 3.05) is 45.3 Å². The number of nitrogens with zero attached hydrogens (tertiary/aromatic N) is 2. The first-order chi connectivity index (χ1) is 15.2. The van der Waals surface area contributed by atoms with E-state index in [2.05, 4.69) is 10.1 Å². The van der Waals surface area contributed by atoms with E-state index in [0.717, 1.165) is 4.31 Å². The van der Waals surface area contributed by atoms with Crippen molar-refractivity contribution in [1.82, 2.24) is 9.62 Å². The zero-order chi connectivity index (χ0) is 23.3. The fourth-order valence-electron chi connectivity index (χ4n) is 3.28. The third-order valence-electron chi connectivity index (χ3n) is 4.97. The second-order valence-electron chi connectivity index (χ2n) is 7.23. The molecule has 0 radical (unpaired) electrons. The van der Waals surface area contributed by atoms with Crippen LogP contribution in [-0.2, 0) is 21.3 Å². The average Bonchev–Trinajstić information content (AvgIpc) is 2.78. The Morgan fingerprint density at radius 2 is 1.88 bits per heavy atom. The standard InChI is InChI=1S/C21H25F2N3O5S/c1-25(2)32(28,29)16-7-8-18(26-9-11-30-12-10-26)17(13-16)20(27)24-14-15-5-3-4-6-19(15)31-21(22)23/h3-8,13,21H,9-12,14H2,1-2H3,(H,24,27). The summed E-state index contributed by atoms with van der Waals surface area (Å²) in [6, 6.07) is 10.5. The molecule has 0 aromatic heterocycles. The molecule has 0 atom stereocenters. The summed E-state index contributed by atoms with van der Waals surface area (Å²) in [4.78, 5) is 15.0. The summed E-state index contributed by atoms with van der Waals surface area (Å²) in [5.41, 5.74) is 1.11. The Bertz CT molecular complexity index is 1060. The van der Waals surface area contributed by atoms with Gasteiger partial charge in [0.05, 0.1) is 23.7 Å². The van der Waals surface area contributed by atoms with Crippen molar-refractivity contribution in [2.45, 2.75) is 18.1 Å². The molecule has 0 unspecified atom stereocenters. The molecule has 32 heavy (non-hydrogen) atoms. The number of sulfonamides is 1. The zero-order valence-corrected chi connectivity index (χ0v) is 18.6. The van der Waals surface area contributed by atoms with Gasteiger partial charge < -0.3 is 19.7 Å². The van der Waals surface area contributed by atoms with Gasteiger partial charge >= 0.3 is 6.61 Å². The SMILES string of the molecule is CN(C)S(=O)(=O)c1ccc(N2CCOCC2)c(C(=O)NCc2ccccc2OC(F)F)c1. The molecule has 0 spiro atoms. The predicted molar refractivity (Wildman–Crippen MR) is 115 cm³/mol. The third kappa shape index (κ3) is 5.53. The van der Waals surface area contributed by atoms with Crippen LogP contribution in [0.5, 0.6) is 5.75 Å². The number of nitrogens with one attached hydrogen (secondary N) is 1. The number of morpholine rings is 1. The number of hydrogen-bond donors (Lipinski definition) is 1. The molecule has 3 rings (SSSR count). The molecule has 8 nitrogen and oxygen atoms in total. The van der Waals surface area contributed by atoms with Crippen LogP contribution in [0.2, 0.25) is 0 Å². The highest BCUT2D eigenvalue weighted by Crippen LogP contribution is 2.27. The Labute approximate surface area is 185 Å². The number of alkyl halides is 2. The number of halogens is 2. The lowest BCUT2D eigenvalue weighted by Gasteiger charge is -2.30. The minimum Gasteiger partial charge on any atom is -0.434 e. The first-order valence-electron chi connectivity index (χ1n) is 9.90. The van der Waals surface area contributed by atoms with Crippen LogP contribution in [0.15, 0.2) is 47.4 Å². The number of para-hydroxylation sites is 1. The van der Waals surface area contributed by atoms with Gasteiger partial charge in [0.15, 0.2) is 0 Å². The molecule has 174 valence electrons. The van der Waals surface area contributed by atoms with Gasteiger partial charge in [-0.1, -0.05) is 18.2 Å². The number of benzene rings is 2. The van der Waals surface area contributed by atoms with Crippen molar-refractivity contribution in [2.24, 2.45) is 0 Å². The maximum atomic E-state index is 13.1. The van der Waals surface area contributed by atoms with Crippen molar-refractivity contribution in [3.05, 3.63) is 53.6 Å². The van der Waals surface area contributed by atoms with Crippen LogP contribution in [0.1, 0.15) is 15.9 Å².